The molecule has 0 aromatic carbocycles. The number of aliphatic hydroxyl groups is 4. The van der Waals surface area contributed by atoms with Gasteiger partial charge in [-0.1, -0.05) is 155 Å². The molecule has 0 radical (unpaired) electrons. The molecular formula is C48H75O12P. The zero-order chi connectivity index (χ0) is 45.1. The number of ether oxygens (including phenoxy) is 2. The number of allylic oxidation sites excluding steroid dienone is 18. The lowest BCUT2D eigenvalue weighted by molar-refractivity contribution is -0.161. The number of phosphoric ester groups is 1. The molecule has 1 unspecified atom stereocenters. The highest BCUT2D eigenvalue weighted by Gasteiger charge is 2.27. The lowest BCUT2D eigenvalue weighted by atomic mass is 10.1. The first-order valence-corrected chi connectivity index (χ1v) is 23.2. The molecule has 0 aliphatic rings. The van der Waals surface area contributed by atoms with Crippen LogP contribution in [0.2, 0.25) is 0 Å². The molecule has 0 bridgehead atoms. The molecular weight excluding hydrogens is 799 g/mol. The van der Waals surface area contributed by atoms with Crippen molar-refractivity contribution in [2.75, 3.05) is 26.4 Å². The quantitative estimate of drug-likeness (QED) is 0.0130. The van der Waals surface area contributed by atoms with Crippen molar-refractivity contribution in [1.29, 1.82) is 0 Å². The molecule has 0 spiro atoms. The normalized spacial score (nSPS) is 16.0. The van der Waals surface area contributed by atoms with Gasteiger partial charge in [-0.2, -0.15) is 0 Å². The zero-order valence-corrected chi connectivity index (χ0v) is 37.4. The molecule has 5 N–H and O–H groups in total. The topological polar surface area (TPSA) is 189 Å². The maximum atomic E-state index is 12.6. The van der Waals surface area contributed by atoms with E-state index in [1.54, 1.807) is 24.3 Å². The van der Waals surface area contributed by atoms with Crippen molar-refractivity contribution < 1.29 is 58.0 Å². The van der Waals surface area contributed by atoms with Crippen LogP contribution in [0.15, 0.2) is 122 Å². The third-order valence-corrected chi connectivity index (χ3v) is 9.27. The average molecular weight is 875 g/mol. The van der Waals surface area contributed by atoms with Crippen molar-refractivity contribution >= 4 is 19.8 Å². The van der Waals surface area contributed by atoms with Gasteiger partial charge in [0, 0.05) is 12.8 Å². The largest absolute Gasteiger partial charge is 0.472 e. The fourth-order valence-electron chi connectivity index (χ4n) is 4.94. The Kier molecular flexibility index (Phi) is 39.1. The van der Waals surface area contributed by atoms with Crippen LogP contribution in [0.5, 0.6) is 0 Å². The molecule has 344 valence electrons. The van der Waals surface area contributed by atoms with Crippen LogP contribution in [0.4, 0.5) is 0 Å². The van der Waals surface area contributed by atoms with Crippen LogP contribution < -0.4 is 0 Å². The van der Waals surface area contributed by atoms with E-state index in [-0.39, 0.29) is 25.7 Å². The van der Waals surface area contributed by atoms with Gasteiger partial charge in [-0.25, -0.2) is 4.57 Å². The summed E-state index contributed by atoms with van der Waals surface area (Å²) in [5, 5.41) is 38.5. The van der Waals surface area contributed by atoms with Crippen LogP contribution >= 0.6 is 7.82 Å². The number of carbonyl (C=O) groups is 2. The Balaban J connectivity index is 4.68. The summed E-state index contributed by atoms with van der Waals surface area (Å²) in [6, 6.07) is 0. The van der Waals surface area contributed by atoms with E-state index in [0.717, 1.165) is 57.8 Å². The lowest BCUT2D eigenvalue weighted by Gasteiger charge is -2.20. The molecule has 0 saturated heterocycles. The summed E-state index contributed by atoms with van der Waals surface area (Å²) in [7, 11) is -4.71. The highest BCUT2D eigenvalue weighted by atomic mass is 31.2. The van der Waals surface area contributed by atoms with E-state index >= 15 is 0 Å². The van der Waals surface area contributed by atoms with Crippen LogP contribution in [-0.4, -0.2) is 88.1 Å². The van der Waals surface area contributed by atoms with E-state index in [0.29, 0.717) is 19.3 Å². The minimum absolute atomic E-state index is 0.0588. The maximum Gasteiger partial charge on any atom is 0.472 e. The van der Waals surface area contributed by atoms with Gasteiger partial charge in [-0.05, 0) is 70.6 Å². The van der Waals surface area contributed by atoms with Gasteiger partial charge < -0.3 is 34.8 Å². The predicted molar refractivity (Wildman–Crippen MR) is 244 cm³/mol. The summed E-state index contributed by atoms with van der Waals surface area (Å²) in [5.74, 6) is -1.27. The molecule has 0 heterocycles. The number of unbranched alkanes of at least 4 members (excludes halogenated alkanes) is 2. The van der Waals surface area contributed by atoms with Crippen molar-refractivity contribution in [2.45, 2.75) is 141 Å². The van der Waals surface area contributed by atoms with Gasteiger partial charge >= 0.3 is 19.8 Å². The van der Waals surface area contributed by atoms with Crippen molar-refractivity contribution in [2.24, 2.45) is 0 Å². The number of hydrogen-bond donors (Lipinski definition) is 5. The van der Waals surface area contributed by atoms with Crippen LogP contribution in [-0.2, 0) is 32.7 Å². The molecule has 0 aromatic heterocycles. The fourth-order valence-corrected chi connectivity index (χ4v) is 5.73. The average Bonchev–Trinajstić information content (AvgIpc) is 3.24. The number of rotatable bonds is 38. The summed E-state index contributed by atoms with van der Waals surface area (Å²) in [6.07, 6.45) is 46.7. The van der Waals surface area contributed by atoms with Gasteiger partial charge in [0.25, 0.3) is 0 Å². The number of phosphoric acid groups is 1. The number of hydrogen-bond acceptors (Lipinski definition) is 11. The minimum atomic E-state index is -4.71. The second-order valence-corrected chi connectivity index (χ2v) is 15.5. The Morgan fingerprint density at radius 3 is 1.59 bits per heavy atom. The molecule has 0 saturated carbocycles. The first-order valence-electron chi connectivity index (χ1n) is 21.7. The maximum absolute atomic E-state index is 12.6. The van der Waals surface area contributed by atoms with E-state index < -0.39 is 70.6 Å². The van der Waals surface area contributed by atoms with Crippen molar-refractivity contribution in [3.05, 3.63) is 122 Å². The van der Waals surface area contributed by atoms with Crippen molar-refractivity contribution in [3.8, 4) is 0 Å². The molecule has 0 aliphatic heterocycles. The zero-order valence-electron chi connectivity index (χ0n) is 36.5. The van der Waals surface area contributed by atoms with Crippen LogP contribution in [0.3, 0.4) is 0 Å². The minimum Gasteiger partial charge on any atom is -0.462 e. The first-order chi connectivity index (χ1) is 29.5. The Hall–Kier alpha value is -3.71. The van der Waals surface area contributed by atoms with Gasteiger partial charge in [-0.15, -0.1) is 0 Å². The summed E-state index contributed by atoms with van der Waals surface area (Å²) in [4.78, 5) is 35.0. The second kappa shape index (κ2) is 41.6. The molecule has 0 rings (SSSR count). The first kappa shape index (κ1) is 57.3. The molecule has 12 nitrogen and oxygen atoms in total. The summed E-state index contributed by atoms with van der Waals surface area (Å²) < 4.78 is 32.4. The van der Waals surface area contributed by atoms with Gasteiger partial charge in [-0.3, -0.25) is 18.6 Å². The number of aliphatic hydroxyl groups excluding tert-OH is 4. The monoisotopic (exact) mass is 874 g/mol. The third kappa shape index (κ3) is 41.4. The van der Waals surface area contributed by atoms with Crippen LogP contribution in [0.1, 0.15) is 117 Å². The van der Waals surface area contributed by atoms with Crippen molar-refractivity contribution in [3.63, 3.8) is 0 Å². The SMILES string of the molecule is CC/C=C\C/C=C\C/C=C\C/C=C\C/C=C\C/C=C\CCC(=O)OC[C@H](COP(=O)(O)OC[C@@H](O)CO)OC(=O)CCC[C@H](O)/C=C/C=C\C/C=C\C=C\[C@H](O)CCCCC. The molecule has 0 aliphatic carbocycles. The molecule has 13 heteroatoms. The van der Waals surface area contributed by atoms with Gasteiger partial charge in [0.05, 0.1) is 32.0 Å². The third-order valence-electron chi connectivity index (χ3n) is 8.32. The Morgan fingerprint density at radius 2 is 1.07 bits per heavy atom. The molecule has 0 fully saturated rings. The standard InChI is InChI=1S/C48H75O12P/c1-3-5-7-8-9-10-11-12-13-14-15-16-17-18-19-20-24-27-31-37-47(53)57-41-46(42-59-61(55,56)58-40-45(52)39-49)60-48(54)38-32-36-44(51)35-30-26-23-21-22-25-29-34-43(50)33-28-6-4-2/h5,7,9-10,12-13,15-16,18-19,22-27,29-30,34-35,43-46,49-52H,3-4,6,8,11,14,17,20-21,28,31-33,36-42H2,1-2H3,(H,55,56)/b7-5-,10-9-,13-12-,16-15-,19-18-,25-22-,26-23-,27-24-,34-29+,35-30+/t43-,44-,45+,46-/m1/s1. The lowest BCUT2D eigenvalue weighted by Crippen LogP contribution is -2.30. The van der Waals surface area contributed by atoms with E-state index in [4.69, 9.17) is 19.1 Å². The van der Waals surface area contributed by atoms with Crippen molar-refractivity contribution in [1.82, 2.24) is 0 Å². The summed E-state index contributed by atoms with van der Waals surface area (Å²) in [5.41, 5.74) is 0. The Morgan fingerprint density at radius 1 is 0.574 bits per heavy atom. The molecule has 61 heavy (non-hydrogen) atoms. The number of carbonyl (C=O) groups excluding carboxylic acids is 2. The van der Waals surface area contributed by atoms with Crippen LogP contribution in [0.25, 0.3) is 0 Å². The molecule has 0 aromatic rings. The predicted octanol–water partition coefficient (Wildman–Crippen LogP) is 9.49. The van der Waals surface area contributed by atoms with Gasteiger partial charge in [0.2, 0.25) is 0 Å². The van der Waals surface area contributed by atoms with Crippen LogP contribution in [0, 0.1) is 0 Å². The highest BCUT2D eigenvalue weighted by molar-refractivity contribution is 7.47. The second-order valence-electron chi connectivity index (χ2n) is 14.0. The van der Waals surface area contributed by atoms with Gasteiger partial charge in [0.1, 0.15) is 12.7 Å². The van der Waals surface area contributed by atoms with E-state index in [2.05, 4.69) is 73.1 Å². The molecule has 0 amide bonds. The smallest absolute Gasteiger partial charge is 0.462 e. The fraction of sp³-hybridized carbons (Fsp3) is 0.542. The Bertz CT molecular complexity index is 1460. The Labute approximate surface area is 365 Å². The van der Waals surface area contributed by atoms with E-state index in [1.807, 2.05) is 42.5 Å². The van der Waals surface area contributed by atoms with E-state index in [9.17, 15) is 34.4 Å². The van der Waals surface area contributed by atoms with E-state index in [1.165, 1.54) is 0 Å². The van der Waals surface area contributed by atoms with Gasteiger partial charge in [0.15, 0.2) is 6.10 Å². The number of esters is 2. The molecule has 5 atom stereocenters. The summed E-state index contributed by atoms with van der Waals surface area (Å²) in [6.45, 7) is 1.78. The highest BCUT2D eigenvalue weighted by Crippen LogP contribution is 2.43. The summed E-state index contributed by atoms with van der Waals surface area (Å²) >= 11 is 0.